The van der Waals surface area contributed by atoms with Gasteiger partial charge in [0.1, 0.15) is 0 Å². The molecule has 0 atom stereocenters. The molecule has 0 saturated carbocycles. The number of nitrogens with zero attached hydrogens (tertiary/aromatic N) is 2. The van der Waals surface area contributed by atoms with Crippen molar-refractivity contribution < 1.29 is 14.8 Å². The van der Waals surface area contributed by atoms with Crippen LogP contribution in [0.25, 0.3) is 0 Å². The smallest absolute Gasteiger partial charge is 0.429 e. The summed E-state index contributed by atoms with van der Waals surface area (Å²) in [5.41, 5.74) is 0. The first-order chi connectivity index (χ1) is 4.31. The highest BCUT2D eigenvalue weighted by Gasteiger charge is 1.91. The summed E-state index contributed by atoms with van der Waals surface area (Å²) >= 11 is 0. The van der Waals surface area contributed by atoms with Gasteiger partial charge in [-0.3, -0.25) is 0 Å². The van der Waals surface area contributed by atoms with E-state index in [4.69, 9.17) is 10.0 Å². The first-order valence-electron chi connectivity index (χ1n) is 2.02. The van der Waals surface area contributed by atoms with E-state index in [1.807, 2.05) is 0 Å². The van der Waals surface area contributed by atoms with Crippen molar-refractivity contribution in [3.8, 4) is 0 Å². The van der Waals surface area contributed by atoms with Gasteiger partial charge in [-0.25, -0.2) is 4.79 Å². The Bertz CT molecular complexity index is 130. The molecule has 0 spiro atoms. The van der Waals surface area contributed by atoms with E-state index in [1.54, 1.807) is 0 Å². The molecule has 6 heteroatoms. The van der Waals surface area contributed by atoms with E-state index in [2.05, 4.69) is 9.98 Å². The Morgan fingerprint density at radius 1 is 1.33 bits per heavy atom. The molecule has 0 bridgehead atoms. The number of carbonyl (C=O) groups excluding carboxylic acids is 1. The summed E-state index contributed by atoms with van der Waals surface area (Å²) in [5.74, 6) is 0. The Hall–Kier alpha value is -1.01. The molecule has 1 heterocycles. The lowest BCUT2D eigenvalue weighted by molar-refractivity contribution is 0.257. The van der Waals surface area contributed by atoms with E-state index < -0.39 is 6.03 Å². The largest absolute Gasteiger partial charge is 0.482 e. The van der Waals surface area contributed by atoms with Crippen molar-refractivity contribution in [3.05, 3.63) is 0 Å². The van der Waals surface area contributed by atoms with Gasteiger partial charge in [-0.1, -0.05) is 0 Å². The van der Waals surface area contributed by atoms with Gasteiger partial charge >= 0.3 is 13.7 Å². The predicted octanol–water partition coefficient (Wildman–Crippen LogP) is -1.23. The molecule has 1 aliphatic rings. The lowest BCUT2D eigenvalue weighted by Gasteiger charge is -1.62. The maximum Gasteiger partial charge on any atom is 0.482 e. The van der Waals surface area contributed by atoms with Crippen LogP contribution in [0.2, 0.25) is 0 Å². The van der Waals surface area contributed by atoms with Gasteiger partial charge in [-0.15, -0.1) is 0 Å². The van der Waals surface area contributed by atoms with Crippen molar-refractivity contribution in [2.75, 3.05) is 0 Å². The van der Waals surface area contributed by atoms with E-state index in [9.17, 15) is 4.79 Å². The number of urea groups is 1. The van der Waals surface area contributed by atoms with Gasteiger partial charge < -0.3 is 10.0 Å². The molecule has 0 aromatic carbocycles. The van der Waals surface area contributed by atoms with Gasteiger partial charge in [-0.05, 0) is 0 Å². The number of carbonyl (C=O) groups is 1. The van der Waals surface area contributed by atoms with E-state index >= 15 is 0 Å². The van der Waals surface area contributed by atoms with Gasteiger partial charge in [0, 0.05) is 0 Å². The molecular formula is C3H4BN2O3. The fourth-order valence-corrected chi connectivity index (χ4v) is 0.228. The minimum atomic E-state index is -0.407. The number of hydrogen-bond donors (Lipinski definition) is 2. The summed E-state index contributed by atoms with van der Waals surface area (Å²) in [5, 5.41) is 14.0. The van der Waals surface area contributed by atoms with Crippen molar-refractivity contribution in [2.45, 2.75) is 0 Å². The first kappa shape index (κ1) is 7.99. The Morgan fingerprint density at radius 2 is 1.67 bits per heavy atom. The van der Waals surface area contributed by atoms with Gasteiger partial charge in [0.25, 0.3) is 0 Å². The van der Waals surface area contributed by atoms with E-state index in [-0.39, 0.29) is 7.69 Å². The minimum Gasteiger partial charge on any atom is -0.429 e. The molecule has 0 saturated heterocycles. The van der Waals surface area contributed by atoms with Crippen LogP contribution in [0.4, 0.5) is 4.79 Å². The van der Waals surface area contributed by atoms with Crippen LogP contribution < -0.4 is 0 Å². The minimum absolute atomic E-state index is 0. The van der Waals surface area contributed by atoms with E-state index in [1.165, 1.54) is 12.4 Å². The van der Waals surface area contributed by atoms with Crippen LogP contribution in [0.1, 0.15) is 0 Å². The molecule has 1 radical (unpaired) electrons. The average molecular weight is 127 g/mol. The Morgan fingerprint density at radius 3 is 1.78 bits per heavy atom. The third-order valence-corrected chi connectivity index (χ3v) is 0.437. The van der Waals surface area contributed by atoms with Crippen LogP contribution in [-0.4, -0.2) is 36.2 Å². The normalized spacial score (nSPS) is 12.9. The molecule has 2 amide bonds. The third kappa shape index (κ3) is 4.86. The van der Waals surface area contributed by atoms with Gasteiger partial charge in [0.15, 0.2) is 0 Å². The maximum atomic E-state index is 9.85. The Kier molecular flexibility index (Phi) is 4.56. The fourth-order valence-electron chi connectivity index (χ4n) is 0.228. The summed E-state index contributed by atoms with van der Waals surface area (Å²) in [6.07, 6.45) is 2.73. The highest BCUT2D eigenvalue weighted by molar-refractivity contribution is 6.25. The van der Waals surface area contributed by atoms with E-state index in [0.29, 0.717) is 0 Å². The van der Waals surface area contributed by atoms with Crippen LogP contribution in [0.3, 0.4) is 0 Å². The average Bonchev–Trinajstić information content (AvgIpc) is 2.20. The predicted molar refractivity (Wildman–Crippen MR) is 32.6 cm³/mol. The molecule has 47 valence electrons. The second kappa shape index (κ2) is 5.14. The zero-order valence-corrected chi connectivity index (χ0v) is 4.43. The van der Waals surface area contributed by atoms with Crippen LogP contribution in [0.5, 0.6) is 0 Å². The highest BCUT2D eigenvalue weighted by Crippen LogP contribution is 1.81. The molecule has 0 aromatic rings. The molecule has 0 aliphatic carbocycles. The molecule has 9 heavy (non-hydrogen) atoms. The number of amides is 2. The van der Waals surface area contributed by atoms with Crippen LogP contribution in [0, 0.1) is 0 Å². The second-order valence-corrected chi connectivity index (χ2v) is 0.954. The quantitative estimate of drug-likeness (QED) is 0.399. The monoisotopic (exact) mass is 127 g/mol. The molecule has 2 N–H and O–H groups in total. The van der Waals surface area contributed by atoms with Crippen molar-refractivity contribution in [3.63, 3.8) is 0 Å². The molecular weight excluding hydrogens is 123 g/mol. The summed E-state index contributed by atoms with van der Waals surface area (Å²) < 4.78 is 0. The standard InChI is InChI=1S/C3H2N2O.BH2O2/c6-3-4-1-2-5-3;2-1-3/h1-2H;2-3H. The van der Waals surface area contributed by atoms with Gasteiger partial charge in [-0.2, -0.15) is 9.98 Å². The first-order valence-corrected chi connectivity index (χ1v) is 2.02. The topological polar surface area (TPSA) is 82.2 Å². The zero-order valence-electron chi connectivity index (χ0n) is 4.43. The molecule has 1 aliphatic heterocycles. The zero-order chi connectivity index (χ0) is 7.11. The number of aliphatic imine (C=N–C) groups is 2. The summed E-state index contributed by atoms with van der Waals surface area (Å²) in [6.45, 7) is 0. The van der Waals surface area contributed by atoms with Crippen LogP contribution >= 0.6 is 0 Å². The van der Waals surface area contributed by atoms with Crippen molar-refractivity contribution in [1.82, 2.24) is 0 Å². The fraction of sp³-hybridized carbons (Fsp3) is 0. The maximum absolute atomic E-state index is 9.85. The summed E-state index contributed by atoms with van der Waals surface area (Å²) in [6, 6.07) is -0.407. The van der Waals surface area contributed by atoms with Gasteiger partial charge in [0.05, 0.1) is 12.4 Å². The summed E-state index contributed by atoms with van der Waals surface area (Å²) in [4.78, 5) is 16.3. The van der Waals surface area contributed by atoms with Crippen molar-refractivity contribution >= 4 is 26.1 Å². The highest BCUT2D eigenvalue weighted by atomic mass is 16.4. The Balaban J connectivity index is 0.000000187. The molecule has 1 rings (SSSR count). The van der Waals surface area contributed by atoms with Crippen LogP contribution in [-0.2, 0) is 0 Å². The number of hydrogen-bond acceptors (Lipinski definition) is 3. The number of rotatable bonds is 0. The molecule has 0 aromatic heterocycles. The molecule has 0 fully saturated rings. The molecule has 0 unspecified atom stereocenters. The lowest BCUT2D eigenvalue weighted by Crippen LogP contribution is -1.75. The van der Waals surface area contributed by atoms with E-state index in [0.717, 1.165) is 0 Å². The van der Waals surface area contributed by atoms with Gasteiger partial charge in [0.2, 0.25) is 0 Å². The lowest BCUT2D eigenvalue weighted by atomic mass is 10.5. The summed E-state index contributed by atoms with van der Waals surface area (Å²) in [7, 11) is 0. The van der Waals surface area contributed by atoms with Crippen molar-refractivity contribution in [2.24, 2.45) is 9.98 Å². The third-order valence-electron chi connectivity index (χ3n) is 0.437. The SMILES string of the molecule is O=C1N=CC=N1.O[B]O. The Labute approximate surface area is 52.1 Å². The van der Waals surface area contributed by atoms with Crippen molar-refractivity contribution in [1.29, 1.82) is 0 Å². The second-order valence-electron chi connectivity index (χ2n) is 0.954. The molecule has 5 nitrogen and oxygen atoms in total. The van der Waals surface area contributed by atoms with Crippen LogP contribution in [0.15, 0.2) is 9.98 Å².